The fourth-order valence-electron chi connectivity index (χ4n) is 4.36. The molecule has 3 aromatic rings. The Morgan fingerprint density at radius 3 is 2.14 bits per heavy atom. The minimum absolute atomic E-state index is 0.179. The van der Waals surface area contributed by atoms with Crippen LogP contribution in [0.25, 0.3) is 22.8 Å². The second kappa shape index (κ2) is 8.31. The van der Waals surface area contributed by atoms with Crippen molar-refractivity contribution in [1.82, 2.24) is 0 Å². The number of hydrogen-bond acceptors (Lipinski definition) is 0. The van der Waals surface area contributed by atoms with Crippen LogP contribution < -0.4 is 0 Å². The average molecular weight is 486 g/mol. The van der Waals surface area contributed by atoms with E-state index >= 15 is 0 Å². The van der Waals surface area contributed by atoms with Crippen molar-refractivity contribution in [2.45, 2.75) is 30.8 Å². The Labute approximate surface area is 183 Å². The van der Waals surface area contributed by atoms with Gasteiger partial charge in [0.1, 0.15) is 0 Å². The Morgan fingerprint density at radius 1 is 0.857 bits per heavy atom. The Morgan fingerprint density at radius 2 is 1.54 bits per heavy atom. The van der Waals surface area contributed by atoms with Gasteiger partial charge >= 0.3 is 184 Å². The Bertz CT molecular complexity index is 1030. The molecule has 0 amide bonds. The summed E-state index contributed by atoms with van der Waals surface area (Å²) in [4.78, 5) is 0. The van der Waals surface area contributed by atoms with E-state index in [-0.39, 0.29) is 3.63 Å². The number of benzene rings is 3. The zero-order valence-corrected chi connectivity index (χ0v) is 20.4. The second-order valence-corrected chi connectivity index (χ2v) is 16.3. The Hall–Kier alpha value is -1.14. The molecule has 3 aromatic carbocycles. The molecule has 1 aliphatic carbocycles. The summed E-state index contributed by atoms with van der Waals surface area (Å²) >= 11 is -2.58. The molecule has 0 bridgehead atoms. The standard InChI is InChI=1S/C25H23.2ClH.Zr/c1-4-19-10-11-21-15-22(20-8-6-5-7-9-20)16-24(21)25(19)23-13-17(2)12-18(3)14-23;;;/h5-16H,4H2,1-3H3;2*1H;/q;;;+2/p-2. The molecule has 1 aliphatic rings. The summed E-state index contributed by atoms with van der Waals surface area (Å²) in [6.07, 6.45) is 3.36. The van der Waals surface area contributed by atoms with Crippen molar-refractivity contribution < 1.29 is 19.4 Å². The topological polar surface area (TPSA) is 0 Å². The van der Waals surface area contributed by atoms with E-state index in [2.05, 4.69) is 87.5 Å². The summed E-state index contributed by atoms with van der Waals surface area (Å²) < 4.78 is 0.179. The molecule has 0 fully saturated rings. The fraction of sp³-hybridized carbons (Fsp3) is 0.200. The van der Waals surface area contributed by atoms with Crippen LogP contribution in [0.4, 0.5) is 0 Å². The van der Waals surface area contributed by atoms with Gasteiger partial charge in [-0.2, -0.15) is 0 Å². The maximum absolute atomic E-state index is 6.70. The van der Waals surface area contributed by atoms with E-state index in [0.29, 0.717) is 0 Å². The molecule has 0 saturated carbocycles. The van der Waals surface area contributed by atoms with E-state index in [9.17, 15) is 0 Å². The van der Waals surface area contributed by atoms with Crippen LogP contribution in [0.2, 0.25) is 0 Å². The Kier molecular flexibility index (Phi) is 5.98. The van der Waals surface area contributed by atoms with Gasteiger partial charge in [-0.05, 0) is 0 Å². The first-order valence-corrected chi connectivity index (χ1v) is 17.4. The molecular weight excluding hydrogens is 462 g/mol. The van der Waals surface area contributed by atoms with Crippen LogP contribution in [0.5, 0.6) is 0 Å². The zero-order valence-electron chi connectivity index (χ0n) is 16.4. The molecule has 0 aromatic heterocycles. The van der Waals surface area contributed by atoms with E-state index in [1.165, 1.54) is 50.1 Å². The first-order valence-electron chi connectivity index (χ1n) is 9.69. The molecular formula is C25H23Cl2Zr. The van der Waals surface area contributed by atoms with Crippen LogP contribution in [0.15, 0.2) is 60.7 Å². The molecule has 4 rings (SSSR count). The molecule has 28 heavy (non-hydrogen) atoms. The normalized spacial score (nSPS) is 15.3. The van der Waals surface area contributed by atoms with Gasteiger partial charge in [-0.1, -0.05) is 0 Å². The van der Waals surface area contributed by atoms with Gasteiger partial charge in [-0.25, -0.2) is 0 Å². The first-order chi connectivity index (χ1) is 13.5. The molecule has 0 saturated heterocycles. The number of fused-ring (bicyclic) bond motifs is 1. The molecule has 1 unspecified atom stereocenters. The predicted molar refractivity (Wildman–Crippen MR) is 119 cm³/mol. The Balaban J connectivity index is 1.99. The first kappa shape index (κ1) is 20.1. The van der Waals surface area contributed by atoms with Gasteiger partial charge < -0.3 is 0 Å². The van der Waals surface area contributed by atoms with Crippen molar-refractivity contribution in [3.05, 3.63) is 94.0 Å². The van der Waals surface area contributed by atoms with Gasteiger partial charge in [0.05, 0.1) is 0 Å². The third-order valence-corrected chi connectivity index (χ3v) is 10.7. The quantitative estimate of drug-likeness (QED) is 0.351. The molecule has 0 N–H and O–H groups in total. The monoisotopic (exact) mass is 483 g/mol. The van der Waals surface area contributed by atoms with Gasteiger partial charge in [0.25, 0.3) is 0 Å². The minimum atomic E-state index is -2.58. The maximum atomic E-state index is 6.70. The van der Waals surface area contributed by atoms with Crippen LogP contribution in [0.1, 0.15) is 43.9 Å². The van der Waals surface area contributed by atoms with Gasteiger partial charge in [-0.15, -0.1) is 0 Å². The molecule has 0 spiro atoms. The van der Waals surface area contributed by atoms with Crippen LogP contribution in [0.3, 0.4) is 0 Å². The summed E-state index contributed by atoms with van der Waals surface area (Å²) in [5.41, 5.74) is 11.7. The van der Waals surface area contributed by atoms with Crippen molar-refractivity contribution in [3.63, 3.8) is 0 Å². The molecule has 1 atom stereocenters. The molecule has 3 heteroatoms. The van der Waals surface area contributed by atoms with Crippen molar-refractivity contribution in [2.75, 3.05) is 0 Å². The fourth-order valence-corrected chi connectivity index (χ4v) is 9.54. The molecule has 141 valence electrons. The SMILES string of the molecule is CCc1ccc2c(c1-c1cc(C)cc(C)c1)C=C(c1ccccc1)[CH]2[Zr]([Cl])[Cl]. The average Bonchev–Trinajstić information content (AvgIpc) is 3.06. The number of rotatable bonds is 4. The number of halogens is 2. The number of allylic oxidation sites excluding steroid dienone is 1. The van der Waals surface area contributed by atoms with Crippen molar-refractivity contribution in [3.8, 4) is 11.1 Å². The van der Waals surface area contributed by atoms with E-state index < -0.39 is 19.4 Å². The van der Waals surface area contributed by atoms with E-state index in [1.807, 2.05) is 0 Å². The van der Waals surface area contributed by atoms with Crippen LogP contribution in [-0.2, 0) is 25.8 Å². The zero-order chi connectivity index (χ0) is 19.8. The van der Waals surface area contributed by atoms with Gasteiger partial charge in [0.2, 0.25) is 0 Å². The summed E-state index contributed by atoms with van der Waals surface area (Å²) in [6, 6.07) is 21.9. The van der Waals surface area contributed by atoms with Gasteiger partial charge in [0, 0.05) is 0 Å². The van der Waals surface area contributed by atoms with E-state index in [0.717, 1.165) is 6.42 Å². The molecule has 0 aliphatic heterocycles. The number of hydrogen-bond donors (Lipinski definition) is 0. The summed E-state index contributed by atoms with van der Waals surface area (Å²) in [6.45, 7) is 6.57. The van der Waals surface area contributed by atoms with E-state index in [1.54, 1.807) is 0 Å². The van der Waals surface area contributed by atoms with Crippen LogP contribution >= 0.6 is 17.0 Å². The van der Waals surface area contributed by atoms with Crippen LogP contribution in [0, 0.1) is 13.8 Å². The molecule has 0 heterocycles. The van der Waals surface area contributed by atoms with Gasteiger partial charge in [-0.3, -0.25) is 0 Å². The second-order valence-electron chi connectivity index (χ2n) is 7.52. The van der Waals surface area contributed by atoms with Gasteiger partial charge in [0.15, 0.2) is 0 Å². The van der Waals surface area contributed by atoms with Crippen molar-refractivity contribution in [2.24, 2.45) is 0 Å². The molecule has 0 radical (unpaired) electrons. The van der Waals surface area contributed by atoms with Crippen molar-refractivity contribution in [1.29, 1.82) is 0 Å². The van der Waals surface area contributed by atoms with Crippen molar-refractivity contribution >= 4 is 28.7 Å². The number of aryl methyl sites for hydroxylation is 3. The van der Waals surface area contributed by atoms with E-state index in [4.69, 9.17) is 17.0 Å². The van der Waals surface area contributed by atoms with Crippen LogP contribution in [-0.4, -0.2) is 0 Å². The summed E-state index contributed by atoms with van der Waals surface area (Å²) in [7, 11) is 13.4. The summed E-state index contributed by atoms with van der Waals surface area (Å²) in [5.74, 6) is 0. The third kappa shape index (κ3) is 3.70. The predicted octanol–water partition coefficient (Wildman–Crippen LogP) is 8.05. The molecule has 0 nitrogen and oxygen atoms in total. The third-order valence-electron chi connectivity index (χ3n) is 5.50. The summed E-state index contributed by atoms with van der Waals surface area (Å²) in [5, 5.41) is 0.